The first-order valence-corrected chi connectivity index (χ1v) is 8.14. The highest BCUT2D eigenvalue weighted by Crippen LogP contribution is 2.27. The Morgan fingerprint density at radius 3 is 2.53 bits per heavy atom. The van der Waals surface area contributed by atoms with E-state index >= 15 is 0 Å². The van der Waals surface area contributed by atoms with E-state index in [2.05, 4.69) is 5.32 Å². The van der Waals surface area contributed by atoms with Gasteiger partial charge in [-0.2, -0.15) is 0 Å². The van der Waals surface area contributed by atoms with Crippen LogP contribution in [0.2, 0.25) is 0 Å². The summed E-state index contributed by atoms with van der Waals surface area (Å²) in [5, 5.41) is 11.8. The van der Waals surface area contributed by atoms with Crippen LogP contribution in [-0.2, 0) is 19.4 Å². The molecule has 2 N–H and O–H groups in total. The van der Waals surface area contributed by atoms with E-state index in [1.54, 1.807) is 0 Å². The van der Waals surface area contributed by atoms with Gasteiger partial charge in [-0.05, 0) is 12.8 Å². The van der Waals surface area contributed by atoms with Crippen molar-refractivity contribution in [3.05, 3.63) is 0 Å². The first kappa shape index (κ1) is 14.3. The van der Waals surface area contributed by atoms with Crippen molar-refractivity contribution in [3.63, 3.8) is 0 Å². The molecule has 108 valence electrons. The number of amides is 1. The lowest BCUT2D eigenvalue weighted by Gasteiger charge is -2.26. The number of carbonyl (C=O) groups excluding carboxylic acids is 1. The summed E-state index contributed by atoms with van der Waals surface area (Å²) < 4.78 is 23.0. The molecule has 7 nitrogen and oxygen atoms in total. The van der Waals surface area contributed by atoms with Crippen LogP contribution in [0.1, 0.15) is 19.3 Å². The number of carboxylic acids is 1. The lowest BCUT2D eigenvalue weighted by Crippen LogP contribution is -2.48. The Labute approximate surface area is 111 Å². The zero-order valence-corrected chi connectivity index (χ0v) is 11.4. The van der Waals surface area contributed by atoms with Crippen molar-refractivity contribution in [3.8, 4) is 0 Å². The van der Waals surface area contributed by atoms with Crippen molar-refractivity contribution in [1.29, 1.82) is 0 Å². The molecular formula is C11H18N2O5S. The molecule has 0 bridgehead atoms. The van der Waals surface area contributed by atoms with Crippen LogP contribution in [0.4, 0.5) is 0 Å². The zero-order chi connectivity index (χ0) is 14.0. The number of aliphatic carboxylic acids is 1. The Morgan fingerprint density at radius 2 is 2.00 bits per heavy atom. The van der Waals surface area contributed by atoms with Crippen LogP contribution in [-0.4, -0.2) is 67.0 Å². The van der Waals surface area contributed by atoms with Crippen LogP contribution in [0.3, 0.4) is 0 Å². The third kappa shape index (κ3) is 4.17. The number of carbonyl (C=O) groups is 2. The van der Waals surface area contributed by atoms with Gasteiger partial charge in [0.2, 0.25) is 5.91 Å². The average molecular weight is 290 g/mol. The molecule has 19 heavy (non-hydrogen) atoms. The number of rotatable bonds is 5. The lowest BCUT2D eigenvalue weighted by atomic mass is 10.2. The molecule has 1 unspecified atom stereocenters. The molecule has 1 saturated heterocycles. The quantitative estimate of drug-likeness (QED) is 0.662. The summed E-state index contributed by atoms with van der Waals surface area (Å²) >= 11 is 0. The maximum absolute atomic E-state index is 12.1. The summed E-state index contributed by atoms with van der Waals surface area (Å²) in [6.45, 7) is 0.0472. The van der Waals surface area contributed by atoms with Crippen LogP contribution >= 0.6 is 0 Å². The SMILES string of the molecule is O=C(O)CN(C(=O)CC1CS(=O)(=O)CCN1)C1CC1. The van der Waals surface area contributed by atoms with Crippen LogP contribution < -0.4 is 5.32 Å². The summed E-state index contributed by atoms with van der Waals surface area (Å²) in [6, 6.07) is -0.384. The maximum Gasteiger partial charge on any atom is 0.323 e. The highest BCUT2D eigenvalue weighted by molar-refractivity contribution is 7.91. The van der Waals surface area contributed by atoms with Gasteiger partial charge in [0.15, 0.2) is 9.84 Å². The van der Waals surface area contributed by atoms with Crippen LogP contribution in [0.25, 0.3) is 0 Å². The van der Waals surface area contributed by atoms with E-state index in [-0.39, 0.29) is 36.4 Å². The van der Waals surface area contributed by atoms with Crippen molar-refractivity contribution in [2.75, 3.05) is 24.6 Å². The summed E-state index contributed by atoms with van der Waals surface area (Å²) in [5.74, 6) is -1.27. The van der Waals surface area contributed by atoms with Crippen molar-refractivity contribution in [1.82, 2.24) is 10.2 Å². The van der Waals surface area contributed by atoms with Gasteiger partial charge < -0.3 is 15.3 Å². The number of sulfone groups is 1. The smallest absolute Gasteiger partial charge is 0.323 e. The molecule has 0 aromatic rings. The Morgan fingerprint density at radius 1 is 1.32 bits per heavy atom. The standard InChI is InChI=1S/C11H18N2O5S/c14-10(13(6-11(15)16)9-1-2-9)5-8-7-19(17,18)4-3-12-8/h8-9,12H,1-7H2,(H,15,16). The molecule has 2 fully saturated rings. The fourth-order valence-electron chi connectivity index (χ4n) is 2.28. The third-order valence-electron chi connectivity index (χ3n) is 3.34. The minimum Gasteiger partial charge on any atom is -0.480 e. The molecular weight excluding hydrogens is 272 g/mol. The van der Waals surface area contributed by atoms with Gasteiger partial charge in [0, 0.05) is 25.0 Å². The third-order valence-corrected chi connectivity index (χ3v) is 5.07. The number of hydrogen-bond donors (Lipinski definition) is 2. The monoisotopic (exact) mass is 290 g/mol. The van der Waals surface area contributed by atoms with Crippen molar-refractivity contribution in [2.24, 2.45) is 0 Å². The molecule has 1 atom stereocenters. The fraction of sp³-hybridized carbons (Fsp3) is 0.818. The van der Waals surface area contributed by atoms with E-state index in [0.717, 1.165) is 12.8 Å². The number of nitrogens with one attached hydrogen (secondary N) is 1. The van der Waals surface area contributed by atoms with Crippen LogP contribution in [0, 0.1) is 0 Å². The molecule has 0 aromatic carbocycles. The Hall–Kier alpha value is -1.15. The van der Waals surface area contributed by atoms with Crippen molar-refractivity contribution in [2.45, 2.75) is 31.3 Å². The largest absolute Gasteiger partial charge is 0.480 e. The number of carboxylic acid groups (broad SMARTS) is 1. The predicted octanol–water partition coefficient (Wildman–Crippen LogP) is -1.16. The molecule has 0 aromatic heterocycles. The molecule has 8 heteroatoms. The fourth-order valence-corrected chi connectivity index (χ4v) is 3.72. The van der Waals surface area contributed by atoms with E-state index in [9.17, 15) is 18.0 Å². The minimum atomic E-state index is -3.08. The molecule has 2 rings (SSSR count). The zero-order valence-electron chi connectivity index (χ0n) is 10.5. The van der Waals surface area contributed by atoms with Gasteiger partial charge in [0.25, 0.3) is 0 Å². The average Bonchev–Trinajstić information content (AvgIpc) is 3.07. The molecule has 2 aliphatic rings. The molecule has 0 radical (unpaired) electrons. The van der Waals surface area contributed by atoms with Gasteiger partial charge in [-0.3, -0.25) is 9.59 Å². The van der Waals surface area contributed by atoms with E-state index in [1.807, 2.05) is 0 Å². The van der Waals surface area contributed by atoms with Crippen molar-refractivity contribution >= 4 is 21.7 Å². The molecule has 0 spiro atoms. The second-order valence-corrected chi connectivity index (χ2v) is 7.34. The lowest BCUT2D eigenvalue weighted by molar-refractivity contribution is -0.145. The van der Waals surface area contributed by atoms with Gasteiger partial charge in [-0.1, -0.05) is 0 Å². The number of nitrogens with zero attached hydrogens (tertiary/aromatic N) is 1. The normalized spacial score (nSPS) is 25.8. The highest BCUT2D eigenvalue weighted by Gasteiger charge is 2.35. The second kappa shape index (κ2) is 5.46. The maximum atomic E-state index is 12.1. The van der Waals surface area contributed by atoms with Crippen molar-refractivity contribution < 1.29 is 23.1 Å². The first-order valence-electron chi connectivity index (χ1n) is 6.32. The van der Waals surface area contributed by atoms with Crippen LogP contribution in [0.15, 0.2) is 0 Å². The van der Waals surface area contributed by atoms with Gasteiger partial charge in [-0.15, -0.1) is 0 Å². The van der Waals surface area contributed by atoms with Gasteiger partial charge in [0.05, 0.1) is 11.5 Å². The molecule has 1 aliphatic heterocycles. The van der Waals surface area contributed by atoms with Gasteiger partial charge in [0.1, 0.15) is 6.54 Å². The summed E-state index contributed by atoms with van der Waals surface area (Å²) in [6.07, 6.45) is 1.70. The number of hydrogen-bond acceptors (Lipinski definition) is 5. The van der Waals surface area contributed by atoms with Gasteiger partial charge in [-0.25, -0.2) is 8.42 Å². The van der Waals surface area contributed by atoms with Crippen LogP contribution in [0.5, 0.6) is 0 Å². The second-order valence-electron chi connectivity index (χ2n) is 5.12. The first-order chi connectivity index (χ1) is 8.87. The minimum absolute atomic E-state index is 0.0174. The van der Waals surface area contributed by atoms with E-state index in [0.29, 0.717) is 6.54 Å². The molecule has 1 saturated carbocycles. The predicted molar refractivity (Wildman–Crippen MR) is 67.4 cm³/mol. The Bertz CT molecular complexity index is 471. The Kier molecular flexibility index (Phi) is 4.10. The molecule has 1 aliphatic carbocycles. The summed E-state index contributed by atoms with van der Waals surface area (Å²) in [7, 11) is -3.08. The molecule has 1 amide bonds. The summed E-state index contributed by atoms with van der Waals surface area (Å²) in [4.78, 5) is 24.2. The highest BCUT2D eigenvalue weighted by atomic mass is 32.2. The topological polar surface area (TPSA) is 104 Å². The van der Waals surface area contributed by atoms with E-state index < -0.39 is 21.8 Å². The molecule has 1 heterocycles. The van der Waals surface area contributed by atoms with Gasteiger partial charge >= 0.3 is 5.97 Å². The van der Waals surface area contributed by atoms with E-state index in [1.165, 1.54) is 4.90 Å². The summed E-state index contributed by atoms with van der Waals surface area (Å²) in [5.41, 5.74) is 0. The van der Waals surface area contributed by atoms with E-state index in [4.69, 9.17) is 5.11 Å². The Balaban J connectivity index is 1.93.